The Bertz CT molecular complexity index is 465. The van der Waals surface area contributed by atoms with Gasteiger partial charge in [0.25, 0.3) is 0 Å². The van der Waals surface area contributed by atoms with Crippen LogP contribution in [0.5, 0.6) is 0 Å². The van der Waals surface area contributed by atoms with Gasteiger partial charge in [0, 0.05) is 12.3 Å². The van der Waals surface area contributed by atoms with Crippen LogP contribution in [0.15, 0.2) is 30.3 Å². The summed E-state index contributed by atoms with van der Waals surface area (Å²) >= 11 is 0. The van der Waals surface area contributed by atoms with Crippen molar-refractivity contribution in [1.29, 1.82) is 0 Å². The third-order valence-corrected chi connectivity index (χ3v) is 2.91. The van der Waals surface area contributed by atoms with Crippen LogP contribution in [-0.2, 0) is 19.1 Å². The van der Waals surface area contributed by atoms with Gasteiger partial charge < -0.3 is 4.74 Å². The van der Waals surface area contributed by atoms with Crippen molar-refractivity contribution in [2.75, 3.05) is 6.61 Å². The predicted octanol–water partition coefficient (Wildman–Crippen LogP) is 2.66. The van der Waals surface area contributed by atoms with Crippen LogP contribution in [0.4, 0.5) is 0 Å². The van der Waals surface area contributed by atoms with Gasteiger partial charge in [-0.05, 0) is 19.4 Å². The number of esters is 1. The molecule has 1 aromatic rings. The summed E-state index contributed by atoms with van der Waals surface area (Å²) in [6.07, 6.45) is 0.260. The van der Waals surface area contributed by atoms with Crippen molar-refractivity contribution in [2.24, 2.45) is 0 Å². The highest BCUT2D eigenvalue weighted by Gasteiger charge is 2.20. The van der Waals surface area contributed by atoms with Gasteiger partial charge in [0.05, 0.1) is 19.4 Å². The SMILES string of the molecule is CCOC(=O)CC(CC(=O)CC(C)=O)c1ccccc1. The largest absolute Gasteiger partial charge is 0.466 e. The summed E-state index contributed by atoms with van der Waals surface area (Å²) in [5.74, 6) is -0.854. The van der Waals surface area contributed by atoms with E-state index in [1.165, 1.54) is 6.92 Å². The minimum absolute atomic E-state index is 0.0772. The van der Waals surface area contributed by atoms with Crippen molar-refractivity contribution in [3.8, 4) is 0 Å². The molecule has 1 rings (SSSR count). The van der Waals surface area contributed by atoms with Crippen LogP contribution in [0.3, 0.4) is 0 Å². The van der Waals surface area contributed by atoms with Crippen LogP contribution < -0.4 is 0 Å². The third kappa shape index (κ3) is 5.78. The van der Waals surface area contributed by atoms with E-state index >= 15 is 0 Å². The zero-order chi connectivity index (χ0) is 15.0. The summed E-state index contributed by atoms with van der Waals surface area (Å²) in [5.41, 5.74) is 0.914. The lowest BCUT2D eigenvalue weighted by Crippen LogP contribution is -2.15. The van der Waals surface area contributed by atoms with E-state index in [1.54, 1.807) is 6.92 Å². The monoisotopic (exact) mass is 276 g/mol. The summed E-state index contributed by atoms with van der Waals surface area (Å²) in [5, 5.41) is 0. The first kappa shape index (κ1) is 16.1. The Kier molecular flexibility index (Phi) is 6.64. The lowest BCUT2D eigenvalue weighted by Gasteiger charge is -2.15. The van der Waals surface area contributed by atoms with E-state index in [0.717, 1.165) is 5.56 Å². The molecule has 0 aliphatic rings. The van der Waals surface area contributed by atoms with E-state index in [0.29, 0.717) is 6.61 Å². The first-order chi connectivity index (χ1) is 9.52. The second kappa shape index (κ2) is 8.25. The van der Waals surface area contributed by atoms with E-state index in [-0.39, 0.29) is 42.7 Å². The minimum atomic E-state index is -0.322. The van der Waals surface area contributed by atoms with Gasteiger partial charge in [0.1, 0.15) is 11.6 Å². The molecule has 108 valence electrons. The summed E-state index contributed by atoms with van der Waals surface area (Å²) in [4.78, 5) is 34.4. The zero-order valence-corrected chi connectivity index (χ0v) is 11.9. The molecular formula is C16H20O4. The third-order valence-electron chi connectivity index (χ3n) is 2.91. The van der Waals surface area contributed by atoms with Crippen molar-refractivity contribution in [3.05, 3.63) is 35.9 Å². The van der Waals surface area contributed by atoms with Crippen LogP contribution in [0, 0.1) is 0 Å². The highest BCUT2D eigenvalue weighted by atomic mass is 16.5. The molecule has 0 amide bonds. The first-order valence-electron chi connectivity index (χ1n) is 6.74. The predicted molar refractivity (Wildman–Crippen MR) is 75.4 cm³/mol. The fourth-order valence-corrected chi connectivity index (χ4v) is 2.08. The smallest absolute Gasteiger partial charge is 0.306 e. The molecule has 0 saturated heterocycles. The molecule has 0 aliphatic carbocycles. The number of carbonyl (C=O) groups is 3. The average Bonchev–Trinajstić information content (AvgIpc) is 2.38. The van der Waals surface area contributed by atoms with Crippen LogP contribution in [0.2, 0.25) is 0 Å². The molecule has 0 heterocycles. The van der Waals surface area contributed by atoms with Gasteiger partial charge in [-0.1, -0.05) is 30.3 Å². The molecule has 0 N–H and O–H groups in total. The molecule has 20 heavy (non-hydrogen) atoms. The number of carbonyl (C=O) groups excluding carboxylic acids is 3. The maximum atomic E-state index is 11.8. The van der Waals surface area contributed by atoms with E-state index in [2.05, 4.69) is 0 Å². The summed E-state index contributed by atoms with van der Waals surface area (Å²) in [6, 6.07) is 9.37. The molecule has 0 spiro atoms. The number of rotatable bonds is 8. The Morgan fingerprint density at radius 1 is 1.10 bits per heavy atom. The van der Waals surface area contributed by atoms with Crippen molar-refractivity contribution < 1.29 is 19.1 Å². The van der Waals surface area contributed by atoms with Crippen LogP contribution in [-0.4, -0.2) is 24.1 Å². The van der Waals surface area contributed by atoms with Crippen molar-refractivity contribution >= 4 is 17.5 Å². The number of Topliss-reactive ketones (excluding diaryl/α,β-unsaturated/α-hetero) is 2. The van der Waals surface area contributed by atoms with E-state index in [1.807, 2.05) is 30.3 Å². The highest BCUT2D eigenvalue weighted by Crippen LogP contribution is 2.24. The summed E-state index contributed by atoms with van der Waals surface area (Å²) in [7, 11) is 0. The van der Waals surface area contributed by atoms with Crippen LogP contribution in [0.1, 0.15) is 44.6 Å². The Morgan fingerprint density at radius 3 is 2.30 bits per heavy atom. The van der Waals surface area contributed by atoms with E-state index < -0.39 is 0 Å². The second-order valence-corrected chi connectivity index (χ2v) is 4.74. The van der Waals surface area contributed by atoms with Gasteiger partial charge in [0.15, 0.2) is 0 Å². The average molecular weight is 276 g/mol. The van der Waals surface area contributed by atoms with Gasteiger partial charge in [-0.25, -0.2) is 0 Å². The molecule has 4 heteroatoms. The Labute approximate surface area is 119 Å². The number of ether oxygens (including phenoxy) is 1. The summed E-state index contributed by atoms with van der Waals surface area (Å²) in [6.45, 7) is 3.46. The number of hydrogen-bond acceptors (Lipinski definition) is 4. The topological polar surface area (TPSA) is 60.4 Å². The van der Waals surface area contributed by atoms with Gasteiger partial charge in [0.2, 0.25) is 0 Å². The van der Waals surface area contributed by atoms with Crippen LogP contribution in [0.25, 0.3) is 0 Å². The molecular weight excluding hydrogens is 256 g/mol. The second-order valence-electron chi connectivity index (χ2n) is 4.74. The Balaban J connectivity index is 2.77. The molecule has 0 radical (unpaired) electrons. The summed E-state index contributed by atoms with van der Waals surface area (Å²) < 4.78 is 4.94. The number of ketones is 2. The molecule has 0 saturated carbocycles. The molecule has 1 atom stereocenters. The number of benzene rings is 1. The molecule has 4 nitrogen and oxygen atoms in total. The quantitative estimate of drug-likeness (QED) is 0.541. The molecule has 0 aliphatic heterocycles. The molecule has 0 fully saturated rings. The normalized spacial score (nSPS) is 11.7. The van der Waals surface area contributed by atoms with Gasteiger partial charge in [-0.3, -0.25) is 14.4 Å². The molecule has 0 bridgehead atoms. The first-order valence-corrected chi connectivity index (χ1v) is 6.74. The maximum Gasteiger partial charge on any atom is 0.306 e. The fourth-order valence-electron chi connectivity index (χ4n) is 2.08. The van der Waals surface area contributed by atoms with Crippen LogP contribution >= 0.6 is 0 Å². The van der Waals surface area contributed by atoms with E-state index in [9.17, 15) is 14.4 Å². The molecule has 1 unspecified atom stereocenters. The maximum absolute atomic E-state index is 11.8. The number of hydrogen-bond donors (Lipinski definition) is 0. The van der Waals surface area contributed by atoms with E-state index in [4.69, 9.17) is 4.74 Å². The standard InChI is InChI=1S/C16H20O4/c1-3-20-16(19)11-14(10-15(18)9-12(2)17)13-7-5-4-6-8-13/h4-8,14H,3,9-11H2,1-2H3. The highest BCUT2D eigenvalue weighted by molar-refractivity contribution is 5.98. The van der Waals surface area contributed by atoms with Crippen molar-refractivity contribution in [2.45, 2.75) is 39.0 Å². The molecule has 0 aromatic heterocycles. The lowest BCUT2D eigenvalue weighted by molar-refractivity contribution is -0.143. The minimum Gasteiger partial charge on any atom is -0.466 e. The molecule has 1 aromatic carbocycles. The Morgan fingerprint density at radius 2 is 1.75 bits per heavy atom. The zero-order valence-electron chi connectivity index (χ0n) is 11.9. The van der Waals surface area contributed by atoms with Crippen molar-refractivity contribution in [1.82, 2.24) is 0 Å². The van der Waals surface area contributed by atoms with Crippen molar-refractivity contribution in [3.63, 3.8) is 0 Å². The Hall–Kier alpha value is -1.97. The van der Waals surface area contributed by atoms with Gasteiger partial charge >= 0.3 is 5.97 Å². The van der Waals surface area contributed by atoms with Gasteiger partial charge in [-0.15, -0.1) is 0 Å². The fraction of sp³-hybridized carbons (Fsp3) is 0.438. The van der Waals surface area contributed by atoms with Gasteiger partial charge in [-0.2, -0.15) is 0 Å². The lowest BCUT2D eigenvalue weighted by atomic mass is 9.90.